The number of ketones is 1. The van der Waals surface area contributed by atoms with Crippen LogP contribution in [0.4, 0.5) is 0 Å². The van der Waals surface area contributed by atoms with Crippen molar-refractivity contribution >= 4 is 17.4 Å². The highest BCUT2D eigenvalue weighted by atomic mass is 16.5. The number of ether oxygens (including phenoxy) is 3. The summed E-state index contributed by atoms with van der Waals surface area (Å²) in [7, 11) is 1.59. The first kappa shape index (κ1) is 28.7. The predicted octanol–water partition coefficient (Wildman–Crippen LogP) is 6.41. The van der Waals surface area contributed by atoms with E-state index in [-0.39, 0.29) is 23.3 Å². The van der Waals surface area contributed by atoms with Gasteiger partial charge in [0.1, 0.15) is 23.0 Å². The van der Waals surface area contributed by atoms with Crippen LogP contribution in [0.5, 0.6) is 17.2 Å². The number of aliphatic hydroxyl groups excluding tert-OH is 1. The first-order valence-corrected chi connectivity index (χ1v) is 13.5. The molecule has 1 saturated heterocycles. The van der Waals surface area contributed by atoms with Gasteiger partial charge in [-0.15, -0.1) is 0 Å². The minimum Gasteiger partial charge on any atom is -0.507 e. The zero-order chi connectivity index (χ0) is 29.0. The molecular weight excluding hydrogens is 506 g/mol. The summed E-state index contributed by atoms with van der Waals surface area (Å²) in [6, 6.07) is 19.2. The molecule has 1 aliphatic rings. The molecule has 1 N–H and O–H groups in total. The highest BCUT2D eigenvalue weighted by molar-refractivity contribution is 6.46. The lowest BCUT2D eigenvalue weighted by Crippen LogP contribution is -2.29. The van der Waals surface area contributed by atoms with Gasteiger partial charge in [-0.05, 0) is 72.9 Å². The quantitative estimate of drug-likeness (QED) is 0.191. The summed E-state index contributed by atoms with van der Waals surface area (Å²) in [5.41, 5.74) is 2.63. The first-order valence-electron chi connectivity index (χ1n) is 13.5. The van der Waals surface area contributed by atoms with Crippen LogP contribution in [0, 0.1) is 0 Å². The zero-order valence-electron chi connectivity index (χ0n) is 24.0. The molecule has 1 fully saturated rings. The molecule has 1 unspecified atom stereocenters. The maximum Gasteiger partial charge on any atom is 0.295 e. The summed E-state index contributed by atoms with van der Waals surface area (Å²) in [6.07, 6.45) is 0. The molecule has 1 atom stereocenters. The van der Waals surface area contributed by atoms with E-state index in [1.165, 1.54) is 4.90 Å². The smallest absolute Gasteiger partial charge is 0.295 e. The van der Waals surface area contributed by atoms with Crippen LogP contribution in [-0.2, 0) is 21.5 Å². The van der Waals surface area contributed by atoms with Crippen molar-refractivity contribution in [2.75, 3.05) is 20.3 Å². The third kappa shape index (κ3) is 5.83. The number of amides is 1. The molecule has 0 saturated carbocycles. The third-order valence-electron chi connectivity index (χ3n) is 6.92. The number of hydrogen-bond acceptors (Lipinski definition) is 6. The van der Waals surface area contributed by atoms with E-state index in [4.69, 9.17) is 14.2 Å². The number of Topliss-reactive ketones (excluding diaryl/α,β-unsaturated/α-hetero) is 1. The molecule has 1 aliphatic heterocycles. The monoisotopic (exact) mass is 543 g/mol. The first-order chi connectivity index (χ1) is 19.1. The molecule has 3 aromatic carbocycles. The van der Waals surface area contributed by atoms with Gasteiger partial charge in [0.2, 0.25) is 0 Å². The fourth-order valence-electron chi connectivity index (χ4n) is 4.93. The number of carbonyl (C=O) groups excluding carboxylic acids is 2. The number of methoxy groups -OCH3 is 1. The lowest BCUT2D eigenvalue weighted by atomic mass is 9.84. The van der Waals surface area contributed by atoms with E-state index in [0.29, 0.717) is 35.8 Å². The van der Waals surface area contributed by atoms with Crippen LogP contribution in [0.25, 0.3) is 5.76 Å². The minimum atomic E-state index is -0.789. The van der Waals surface area contributed by atoms with Gasteiger partial charge in [0, 0.05) is 17.7 Å². The zero-order valence-corrected chi connectivity index (χ0v) is 24.0. The molecule has 3 aromatic rings. The molecule has 7 nitrogen and oxygen atoms in total. The van der Waals surface area contributed by atoms with Crippen LogP contribution in [-0.4, -0.2) is 42.0 Å². The summed E-state index contributed by atoms with van der Waals surface area (Å²) in [5.74, 6) is 0.477. The van der Waals surface area contributed by atoms with Crippen molar-refractivity contribution in [2.45, 2.75) is 52.6 Å². The Morgan fingerprint density at radius 1 is 0.875 bits per heavy atom. The van der Waals surface area contributed by atoms with Crippen LogP contribution in [0.2, 0.25) is 0 Å². The second-order valence-electron chi connectivity index (χ2n) is 10.7. The number of benzene rings is 3. The molecule has 1 amide bonds. The molecule has 210 valence electrons. The van der Waals surface area contributed by atoms with Gasteiger partial charge in [-0.1, -0.05) is 45.0 Å². The number of nitrogens with zero attached hydrogens (tertiary/aromatic N) is 1. The molecule has 4 rings (SSSR count). The number of hydrogen-bond donors (Lipinski definition) is 1. The number of rotatable bonds is 9. The normalized spacial score (nSPS) is 16.8. The molecule has 0 aromatic heterocycles. The van der Waals surface area contributed by atoms with E-state index in [1.807, 2.05) is 56.3 Å². The third-order valence-corrected chi connectivity index (χ3v) is 6.92. The van der Waals surface area contributed by atoms with Gasteiger partial charge in [-0.25, -0.2) is 0 Å². The van der Waals surface area contributed by atoms with Crippen LogP contribution < -0.4 is 14.2 Å². The fraction of sp³-hybridized carbons (Fsp3) is 0.333. The van der Waals surface area contributed by atoms with Crippen LogP contribution >= 0.6 is 0 Å². The lowest BCUT2D eigenvalue weighted by Gasteiger charge is -2.26. The Labute approximate surface area is 236 Å². The summed E-state index contributed by atoms with van der Waals surface area (Å²) >= 11 is 0. The predicted molar refractivity (Wildman–Crippen MR) is 155 cm³/mol. The second-order valence-corrected chi connectivity index (χ2v) is 10.7. The fourth-order valence-corrected chi connectivity index (χ4v) is 4.93. The van der Waals surface area contributed by atoms with Crippen LogP contribution in [0.1, 0.15) is 62.9 Å². The Hall–Kier alpha value is -4.26. The molecular formula is C33H37NO6. The maximum atomic E-state index is 13.5. The molecule has 0 bridgehead atoms. The molecule has 0 spiro atoms. The largest absolute Gasteiger partial charge is 0.507 e. The van der Waals surface area contributed by atoms with Crippen molar-refractivity contribution in [1.29, 1.82) is 0 Å². The molecule has 0 radical (unpaired) electrons. The van der Waals surface area contributed by atoms with Gasteiger partial charge in [0.05, 0.1) is 31.9 Å². The van der Waals surface area contributed by atoms with Gasteiger partial charge >= 0.3 is 0 Å². The van der Waals surface area contributed by atoms with Gasteiger partial charge in [-0.2, -0.15) is 0 Å². The van der Waals surface area contributed by atoms with Crippen molar-refractivity contribution < 1.29 is 28.9 Å². The SMILES string of the molecule is CCOc1ccc(C2/C(=C(/O)c3ccc(OCC)c(C(C)(C)C)c3)C(=O)C(=O)N2Cc2ccc(OC)cc2)cc1. The van der Waals surface area contributed by atoms with E-state index >= 15 is 0 Å². The van der Waals surface area contributed by atoms with Gasteiger partial charge in [-0.3, -0.25) is 9.59 Å². The summed E-state index contributed by atoms with van der Waals surface area (Å²) in [4.78, 5) is 28.5. The number of likely N-dealkylation sites (tertiary alicyclic amines) is 1. The average Bonchev–Trinajstić information content (AvgIpc) is 3.18. The average molecular weight is 544 g/mol. The van der Waals surface area contributed by atoms with Crippen LogP contribution in [0.3, 0.4) is 0 Å². The molecule has 1 heterocycles. The molecule has 0 aliphatic carbocycles. The van der Waals surface area contributed by atoms with Crippen molar-refractivity contribution in [2.24, 2.45) is 0 Å². The van der Waals surface area contributed by atoms with Gasteiger partial charge in [0.15, 0.2) is 0 Å². The maximum absolute atomic E-state index is 13.5. The van der Waals surface area contributed by atoms with Crippen molar-refractivity contribution in [1.82, 2.24) is 4.90 Å². The van der Waals surface area contributed by atoms with E-state index in [2.05, 4.69) is 20.8 Å². The number of aliphatic hydroxyl groups is 1. The highest BCUT2D eigenvalue weighted by Crippen LogP contribution is 2.42. The van der Waals surface area contributed by atoms with Crippen molar-refractivity contribution in [3.8, 4) is 17.2 Å². The van der Waals surface area contributed by atoms with E-state index < -0.39 is 17.7 Å². The van der Waals surface area contributed by atoms with Crippen molar-refractivity contribution in [3.05, 3.63) is 94.6 Å². The van der Waals surface area contributed by atoms with E-state index in [0.717, 1.165) is 16.9 Å². The standard InChI is InChI=1S/C33H37NO6/c1-7-39-25-16-11-22(12-17-25)29-28(30(35)23-13-18-27(40-8-2)26(19-23)33(3,4)5)31(36)32(37)34(29)20-21-9-14-24(38-6)15-10-21/h9-19,29,35H,7-8,20H2,1-6H3/b30-28-. The molecule has 7 heteroatoms. The molecule has 40 heavy (non-hydrogen) atoms. The van der Waals surface area contributed by atoms with Crippen LogP contribution in [0.15, 0.2) is 72.3 Å². The minimum absolute atomic E-state index is 0.0479. The Bertz CT molecular complexity index is 1400. The van der Waals surface area contributed by atoms with E-state index in [1.54, 1.807) is 31.4 Å². The Balaban J connectivity index is 1.85. The highest BCUT2D eigenvalue weighted by Gasteiger charge is 2.46. The summed E-state index contributed by atoms with van der Waals surface area (Å²) in [5, 5.41) is 11.6. The lowest BCUT2D eigenvalue weighted by molar-refractivity contribution is -0.140. The number of carbonyl (C=O) groups is 2. The Morgan fingerprint density at radius 3 is 2.08 bits per heavy atom. The second kappa shape index (κ2) is 11.9. The Morgan fingerprint density at radius 2 is 1.50 bits per heavy atom. The van der Waals surface area contributed by atoms with Gasteiger partial charge in [0.25, 0.3) is 11.7 Å². The van der Waals surface area contributed by atoms with Crippen molar-refractivity contribution in [3.63, 3.8) is 0 Å². The summed E-state index contributed by atoms with van der Waals surface area (Å²) in [6.45, 7) is 11.2. The summed E-state index contributed by atoms with van der Waals surface area (Å²) < 4.78 is 16.7. The topological polar surface area (TPSA) is 85.3 Å². The Kier molecular flexibility index (Phi) is 8.52. The van der Waals surface area contributed by atoms with E-state index in [9.17, 15) is 14.7 Å². The van der Waals surface area contributed by atoms with Gasteiger partial charge < -0.3 is 24.2 Å².